The zero-order valence-corrected chi connectivity index (χ0v) is 21.5. The quantitative estimate of drug-likeness (QED) is 0.329. The molecule has 5 rings (SSSR count). The van der Waals surface area contributed by atoms with Gasteiger partial charge in [0.2, 0.25) is 0 Å². The van der Waals surface area contributed by atoms with Crippen molar-refractivity contribution in [1.82, 2.24) is 4.57 Å². The SMILES string of the molecule is CCOC(=O)C1=C(C)N=c2s/c(=C/c3ccc(-c4ccc(Br)cc4)o3)c(=O)n2[C@@H]1c1cccs1. The van der Waals surface area contributed by atoms with Crippen LogP contribution < -0.4 is 14.9 Å². The van der Waals surface area contributed by atoms with E-state index in [0.29, 0.717) is 32.1 Å². The van der Waals surface area contributed by atoms with E-state index in [4.69, 9.17) is 9.15 Å². The molecule has 0 spiro atoms. The second-order valence-corrected chi connectivity index (χ2v) is 10.4. The number of hydrogen-bond acceptors (Lipinski definition) is 7. The molecule has 1 aliphatic rings. The van der Waals surface area contributed by atoms with Crippen molar-refractivity contribution in [2.24, 2.45) is 4.99 Å². The molecule has 0 N–H and O–H groups in total. The second-order valence-electron chi connectivity index (χ2n) is 7.53. The number of thiazole rings is 1. The lowest BCUT2D eigenvalue weighted by atomic mass is 10.0. The number of fused-ring (bicyclic) bond motifs is 1. The van der Waals surface area contributed by atoms with E-state index in [1.54, 1.807) is 24.5 Å². The number of halogens is 1. The molecular weight excluding hydrogens is 536 g/mol. The molecule has 0 saturated carbocycles. The average molecular weight is 555 g/mol. The third-order valence-electron chi connectivity index (χ3n) is 5.36. The van der Waals surface area contributed by atoms with Gasteiger partial charge in [0.05, 0.1) is 22.4 Å². The van der Waals surface area contributed by atoms with Gasteiger partial charge in [-0.2, -0.15) is 0 Å². The number of aromatic nitrogens is 1. The molecule has 9 heteroatoms. The van der Waals surface area contributed by atoms with Gasteiger partial charge in [-0.05, 0) is 49.6 Å². The maximum Gasteiger partial charge on any atom is 0.338 e. The largest absolute Gasteiger partial charge is 0.463 e. The number of esters is 1. The van der Waals surface area contributed by atoms with Crippen molar-refractivity contribution in [3.8, 4) is 11.3 Å². The molecule has 6 nitrogen and oxygen atoms in total. The van der Waals surface area contributed by atoms with Crippen LogP contribution in [0.5, 0.6) is 0 Å². The zero-order chi connectivity index (χ0) is 23.8. The summed E-state index contributed by atoms with van der Waals surface area (Å²) in [7, 11) is 0. The highest BCUT2D eigenvalue weighted by atomic mass is 79.9. The van der Waals surface area contributed by atoms with Crippen LogP contribution >= 0.6 is 38.6 Å². The van der Waals surface area contributed by atoms with Gasteiger partial charge in [0.15, 0.2) is 4.80 Å². The number of benzene rings is 1. The lowest BCUT2D eigenvalue weighted by Crippen LogP contribution is -2.39. The Labute approximate surface area is 211 Å². The first kappa shape index (κ1) is 22.8. The van der Waals surface area contributed by atoms with Crippen molar-refractivity contribution in [2.75, 3.05) is 6.61 Å². The van der Waals surface area contributed by atoms with Crippen LogP contribution in [0.25, 0.3) is 17.4 Å². The predicted molar refractivity (Wildman–Crippen MR) is 137 cm³/mol. The predicted octanol–water partition coefficient (Wildman–Crippen LogP) is 4.88. The lowest BCUT2D eigenvalue weighted by Gasteiger charge is -2.23. The standard InChI is InChI=1S/C25H19BrN2O4S2/c1-3-31-24(30)21-14(2)27-25-28(22(21)19-5-4-12-33-19)23(29)20(34-25)13-17-10-11-18(32-17)15-6-8-16(26)9-7-15/h4-13,22H,3H2,1-2H3/b20-13+/t22-/m1/s1. The van der Waals surface area contributed by atoms with Crippen LogP contribution in [-0.2, 0) is 9.53 Å². The van der Waals surface area contributed by atoms with Crippen LogP contribution in [0.15, 0.2) is 83.9 Å². The summed E-state index contributed by atoms with van der Waals surface area (Å²) >= 11 is 6.20. The Kier molecular flexibility index (Phi) is 6.24. The Balaban J connectivity index is 1.61. The van der Waals surface area contributed by atoms with E-state index in [9.17, 15) is 9.59 Å². The minimum absolute atomic E-state index is 0.224. The summed E-state index contributed by atoms with van der Waals surface area (Å²) < 4.78 is 14.3. The summed E-state index contributed by atoms with van der Waals surface area (Å²) in [4.78, 5) is 32.4. The second kappa shape index (κ2) is 9.32. The Morgan fingerprint density at radius 3 is 2.74 bits per heavy atom. The highest BCUT2D eigenvalue weighted by molar-refractivity contribution is 9.10. The molecule has 1 aliphatic heterocycles. The van der Waals surface area contributed by atoms with Gasteiger partial charge in [-0.25, -0.2) is 9.79 Å². The van der Waals surface area contributed by atoms with E-state index >= 15 is 0 Å². The molecular formula is C25H19BrN2O4S2. The van der Waals surface area contributed by atoms with Crippen molar-refractivity contribution >= 4 is 50.6 Å². The molecule has 0 bridgehead atoms. The Bertz CT molecular complexity index is 1570. The minimum Gasteiger partial charge on any atom is -0.463 e. The van der Waals surface area contributed by atoms with E-state index in [2.05, 4.69) is 20.9 Å². The van der Waals surface area contributed by atoms with E-state index < -0.39 is 12.0 Å². The molecule has 0 fully saturated rings. The molecule has 3 aromatic heterocycles. The van der Waals surface area contributed by atoms with Gasteiger partial charge in [0.1, 0.15) is 17.6 Å². The van der Waals surface area contributed by atoms with Crippen molar-refractivity contribution in [3.63, 3.8) is 0 Å². The maximum atomic E-state index is 13.5. The van der Waals surface area contributed by atoms with Gasteiger partial charge in [-0.1, -0.05) is 45.5 Å². The Morgan fingerprint density at radius 2 is 2.03 bits per heavy atom. The number of thiophene rings is 1. The van der Waals surface area contributed by atoms with Gasteiger partial charge < -0.3 is 9.15 Å². The number of ether oxygens (including phenoxy) is 1. The fourth-order valence-corrected chi connectivity index (χ4v) is 5.95. The summed E-state index contributed by atoms with van der Waals surface area (Å²) in [6.07, 6.45) is 1.72. The van der Waals surface area contributed by atoms with E-state index in [1.807, 2.05) is 53.9 Å². The van der Waals surface area contributed by atoms with Crippen LogP contribution in [0.4, 0.5) is 0 Å². The van der Waals surface area contributed by atoms with Crippen molar-refractivity contribution in [1.29, 1.82) is 0 Å². The molecule has 1 aromatic carbocycles. The molecule has 172 valence electrons. The smallest absolute Gasteiger partial charge is 0.338 e. The van der Waals surface area contributed by atoms with Crippen LogP contribution in [0.2, 0.25) is 0 Å². The zero-order valence-electron chi connectivity index (χ0n) is 18.3. The highest BCUT2D eigenvalue weighted by Crippen LogP contribution is 2.33. The molecule has 0 aliphatic carbocycles. The Hall–Kier alpha value is -3.01. The number of carbonyl (C=O) groups is 1. The van der Waals surface area contributed by atoms with E-state index in [1.165, 1.54) is 22.7 Å². The first-order valence-electron chi connectivity index (χ1n) is 10.5. The fourth-order valence-electron chi connectivity index (χ4n) is 3.84. The molecule has 1 atom stereocenters. The number of nitrogens with zero attached hydrogens (tertiary/aromatic N) is 2. The number of carbonyl (C=O) groups excluding carboxylic acids is 1. The molecule has 0 radical (unpaired) electrons. The van der Waals surface area contributed by atoms with E-state index in [0.717, 1.165) is 14.9 Å². The summed E-state index contributed by atoms with van der Waals surface area (Å²) in [6.45, 7) is 3.78. The topological polar surface area (TPSA) is 73.8 Å². The number of rotatable bonds is 5. The van der Waals surface area contributed by atoms with Gasteiger partial charge in [0, 0.05) is 21.0 Å². The number of allylic oxidation sites excluding steroid dienone is 1. The van der Waals surface area contributed by atoms with Crippen LogP contribution in [0.1, 0.15) is 30.5 Å². The van der Waals surface area contributed by atoms with Crippen molar-refractivity contribution < 1.29 is 13.9 Å². The van der Waals surface area contributed by atoms with Gasteiger partial charge >= 0.3 is 5.97 Å². The lowest BCUT2D eigenvalue weighted by molar-refractivity contribution is -0.139. The van der Waals surface area contributed by atoms with E-state index in [-0.39, 0.29) is 12.2 Å². The summed E-state index contributed by atoms with van der Waals surface area (Å²) in [6, 6.07) is 14.8. The normalized spacial score (nSPS) is 15.9. The first-order valence-corrected chi connectivity index (χ1v) is 13.0. The Morgan fingerprint density at radius 1 is 1.24 bits per heavy atom. The maximum absolute atomic E-state index is 13.5. The summed E-state index contributed by atoms with van der Waals surface area (Å²) in [5, 5.41) is 1.93. The number of furan rings is 1. The van der Waals surface area contributed by atoms with Crippen LogP contribution in [0, 0.1) is 0 Å². The van der Waals surface area contributed by atoms with Gasteiger partial charge in [-0.3, -0.25) is 9.36 Å². The van der Waals surface area contributed by atoms with Crippen LogP contribution in [0.3, 0.4) is 0 Å². The molecule has 34 heavy (non-hydrogen) atoms. The number of hydrogen-bond donors (Lipinski definition) is 0. The summed E-state index contributed by atoms with van der Waals surface area (Å²) in [5.74, 6) is 0.821. The molecule has 4 heterocycles. The van der Waals surface area contributed by atoms with Gasteiger partial charge in [0.25, 0.3) is 5.56 Å². The fraction of sp³-hybridized carbons (Fsp3) is 0.160. The third-order valence-corrected chi connectivity index (χ3v) is 7.79. The molecule has 0 saturated heterocycles. The van der Waals surface area contributed by atoms with Crippen molar-refractivity contribution in [3.05, 3.63) is 100.0 Å². The first-order chi connectivity index (χ1) is 16.5. The molecule has 4 aromatic rings. The average Bonchev–Trinajstić information content (AvgIpc) is 3.56. The van der Waals surface area contributed by atoms with Crippen LogP contribution in [-0.4, -0.2) is 17.1 Å². The molecule has 0 amide bonds. The minimum atomic E-state index is -0.577. The van der Waals surface area contributed by atoms with Gasteiger partial charge in [-0.15, -0.1) is 11.3 Å². The van der Waals surface area contributed by atoms with Crippen molar-refractivity contribution in [2.45, 2.75) is 19.9 Å². The third kappa shape index (κ3) is 4.15. The monoisotopic (exact) mass is 554 g/mol. The molecule has 0 unspecified atom stereocenters. The summed E-state index contributed by atoms with van der Waals surface area (Å²) in [5.41, 5.74) is 1.66. The highest BCUT2D eigenvalue weighted by Gasteiger charge is 2.33.